The Morgan fingerprint density at radius 2 is 1.79 bits per heavy atom. The molecule has 0 atom stereocenters. The van der Waals surface area contributed by atoms with Crippen LogP contribution in [-0.2, 0) is 6.61 Å². The Kier molecular flexibility index (Phi) is 5.39. The molecular weight excluding hydrogens is 434 g/mol. The zero-order valence-electron chi connectivity index (χ0n) is 15.2. The van der Waals surface area contributed by atoms with Crippen LogP contribution in [0.5, 0.6) is 5.75 Å². The lowest BCUT2D eigenvalue weighted by atomic mass is 10.2. The van der Waals surface area contributed by atoms with E-state index in [9.17, 15) is 9.59 Å². The van der Waals surface area contributed by atoms with Gasteiger partial charge < -0.3 is 10.1 Å². The van der Waals surface area contributed by atoms with Gasteiger partial charge in [0.25, 0.3) is 11.5 Å². The van der Waals surface area contributed by atoms with E-state index in [-0.39, 0.29) is 18.1 Å². The van der Waals surface area contributed by atoms with Gasteiger partial charge in [-0.15, -0.1) is 0 Å². The third kappa shape index (κ3) is 4.35. The summed E-state index contributed by atoms with van der Waals surface area (Å²) in [5.41, 5.74) is 1.96. The van der Waals surface area contributed by atoms with Crippen molar-refractivity contribution in [3.63, 3.8) is 0 Å². The zero-order valence-corrected chi connectivity index (χ0v) is 16.8. The molecule has 4 rings (SSSR count). The van der Waals surface area contributed by atoms with Crippen LogP contribution in [0.1, 0.15) is 16.1 Å². The number of carbonyl (C=O) groups is 1. The van der Waals surface area contributed by atoms with E-state index in [4.69, 9.17) is 4.74 Å². The minimum absolute atomic E-state index is 0.103. The van der Waals surface area contributed by atoms with E-state index >= 15 is 0 Å². The van der Waals surface area contributed by atoms with Gasteiger partial charge in [0.2, 0.25) is 0 Å². The van der Waals surface area contributed by atoms with Gasteiger partial charge in [-0.05, 0) is 48.5 Å². The van der Waals surface area contributed by atoms with Gasteiger partial charge in [0, 0.05) is 22.3 Å². The van der Waals surface area contributed by atoms with Gasteiger partial charge in [-0.3, -0.25) is 14.0 Å². The molecule has 0 aliphatic heterocycles. The summed E-state index contributed by atoms with van der Waals surface area (Å²) in [4.78, 5) is 29.2. The fraction of sp³-hybridized carbons (Fsp3) is 0.0455. The lowest BCUT2D eigenvalue weighted by Gasteiger charge is -2.12. The van der Waals surface area contributed by atoms with Crippen LogP contribution >= 0.6 is 15.9 Å². The van der Waals surface area contributed by atoms with Crippen molar-refractivity contribution in [3.8, 4) is 5.75 Å². The van der Waals surface area contributed by atoms with E-state index in [0.717, 1.165) is 4.47 Å². The molecule has 6 nitrogen and oxygen atoms in total. The molecule has 29 heavy (non-hydrogen) atoms. The van der Waals surface area contributed by atoms with Gasteiger partial charge in [-0.1, -0.05) is 34.1 Å². The Labute approximate surface area is 174 Å². The molecule has 0 radical (unpaired) electrons. The fourth-order valence-corrected chi connectivity index (χ4v) is 3.08. The maximum atomic E-state index is 12.5. The average Bonchev–Trinajstić information content (AvgIpc) is 2.73. The molecule has 1 N–H and O–H groups in total. The Hall–Kier alpha value is -3.45. The lowest BCUT2D eigenvalue weighted by molar-refractivity contribution is 0.102. The number of rotatable bonds is 5. The fourth-order valence-electron chi connectivity index (χ4n) is 2.82. The first-order chi connectivity index (χ1) is 14.1. The number of hydrogen-bond donors (Lipinski definition) is 1. The van der Waals surface area contributed by atoms with Crippen molar-refractivity contribution in [3.05, 3.63) is 105 Å². The largest absolute Gasteiger partial charge is 0.485 e. The minimum Gasteiger partial charge on any atom is -0.485 e. The third-order valence-electron chi connectivity index (χ3n) is 4.24. The van der Waals surface area contributed by atoms with E-state index in [0.29, 0.717) is 28.3 Å². The van der Waals surface area contributed by atoms with Crippen molar-refractivity contribution >= 4 is 33.2 Å². The van der Waals surface area contributed by atoms with Crippen LogP contribution in [0.2, 0.25) is 0 Å². The number of aromatic nitrogens is 2. The molecule has 2 aromatic heterocycles. The van der Waals surface area contributed by atoms with Crippen molar-refractivity contribution in [2.45, 2.75) is 6.61 Å². The number of nitrogens with one attached hydrogen (secondary N) is 1. The van der Waals surface area contributed by atoms with E-state index in [1.54, 1.807) is 54.7 Å². The number of amides is 1. The first kappa shape index (κ1) is 18.9. The Morgan fingerprint density at radius 3 is 2.62 bits per heavy atom. The number of carbonyl (C=O) groups excluding carboxylic acids is 1. The summed E-state index contributed by atoms with van der Waals surface area (Å²) in [5, 5.41) is 2.86. The first-order valence-electron chi connectivity index (χ1n) is 8.86. The minimum atomic E-state index is -0.240. The number of nitrogens with zero attached hydrogens (tertiary/aromatic N) is 2. The van der Waals surface area contributed by atoms with Crippen LogP contribution < -0.4 is 15.6 Å². The molecule has 0 aliphatic carbocycles. The van der Waals surface area contributed by atoms with E-state index in [1.807, 2.05) is 18.2 Å². The van der Waals surface area contributed by atoms with Gasteiger partial charge in [0.15, 0.2) is 0 Å². The average molecular weight is 450 g/mol. The predicted molar refractivity (Wildman–Crippen MR) is 114 cm³/mol. The molecule has 0 fully saturated rings. The highest BCUT2D eigenvalue weighted by atomic mass is 79.9. The molecule has 0 unspecified atom stereocenters. The summed E-state index contributed by atoms with van der Waals surface area (Å²) in [6.45, 7) is 0.103. The number of anilines is 1. The third-order valence-corrected chi connectivity index (χ3v) is 4.77. The Balaban J connectivity index is 1.52. The normalized spacial score (nSPS) is 10.7. The standard InChI is InChI=1S/C22H16BrN3O3/c23-16-10-8-15(9-11-16)22(28)25-18-5-1-2-6-19(18)29-14-17-13-21(27)26-12-4-3-7-20(26)24-17/h1-13H,14H2,(H,25,28). The van der Waals surface area contributed by atoms with Gasteiger partial charge >= 0.3 is 0 Å². The SMILES string of the molecule is O=C(Nc1ccccc1OCc1cc(=O)n2ccccc2n1)c1ccc(Br)cc1. The Bertz CT molecular complexity index is 1240. The maximum Gasteiger partial charge on any atom is 0.258 e. The summed E-state index contributed by atoms with van der Waals surface area (Å²) in [7, 11) is 0. The van der Waals surface area contributed by atoms with E-state index in [2.05, 4.69) is 26.2 Å². The zero-order chi connectivity index (χ0) is 20.2. The maximum absolute atomic E-state index is 12.5. The predicted octanol–water partition coefficient (Wildman–Crippen LogP) is 4.29. The van der Waals surface area contributed by atoms with Gasteiger partial charge in [-0.25, -0.2) is 4.98 Å². The molecule has 2 heterocycles. The van der Waals surface area contributed by atoms with Crippen LogP contribution in [0.4, 0.5) is 5.69 Å². The molecule has 0 saturated carbocycles. The number of pyridine rings is 1. The molecular formula is C22H16BrN3O3. The van der Waals surface area contributed by atoms with Crippen LogP contribution in [0.15, 0.2) is 88.3 Å². The number of benzene rings is 2. The molecule has 0 spiro atoms. The first-order valence-corrected chi connectivity index (χ1v) is 9.65. The van der Waals surface area contributed by atoms with Crippen molar-refractivity contribution in [1.82, 2.24) is 9.38 Å². The highest BCUT2D eigenvalue weighted by molar-refractivity contribution is 9.10. The molecule has 144 valence electrons. The second-order valence-corrected chi connectivity index (χ2v) is 7.18. The molecule has 0 aliphatic rings. The Morgan fingerprint density at radius 1 is 1.03 bits per heavy atom. The lowest BCUT2D eigenvalue weighted by Crippen LogP contribution is -2.16. The molecule has 1 amide bonds. The molecule has 2 aromatic carbocycles. The van der Waals surface area contributed by atoms with Gasteiger partial charge in [0.05, 0.1) is 11.4 Å². The summed E-state index contributed by atoms with van der Waals surface area (Å²) in [5.74, 6) is 0.253. The second kappa shape index (κ2) is 8.28. The van der Waals surface area contributed by atoms with Gasteiger partial charge in [0.1, 0.15) is 18.0 Å². The summed E-state index contributed by atoms with van der Waals surface area (Å²) in [6, 6.07) is 21.0. The number of fused-ring (bicyclic) bond motifs is 1. The number of para-hydroxylation sites is 2. The van der Waals surface area contributed by atoms with Crippen LogP contribution in [0, 0.1) is 0 Å². The number of hydrogen-bond acceptors (Lipinski definition) is 4. The van der Waals surface area contributed by atoms with Gasteiger partial charge in [-0.2, -0.15) is 0 Å². The van der Waals surface area contributed by atoms with E-state index < -0.39 is 0 Å². The molecule has 0 bridgehead atoms. The monoisotopic (exact) mass is 449 g/mol. The number of ether oxygens (including phenoxy) is 1. The van der Waals surface area contributed by atoms with E-state index in [1.165, 1.54) is 10.5 Å². The van der Waals surface area contributed by atoms with Crippen molar-refractivity contribution < 1.29 is 9.53 Å². The highest BCUT2D eigenvalue weighted by Gasteiger charge is 2.11. The molecule has 0 saturated heterocycles. The molecule has 4 aromatic rings. The van der Waals surface area contributed by atoms with Crippen LogP contribution in [0.25, 0.3) is 5.65 Å². The van der Waals surface area contributed by atoms with Crippen molar-refractivity contribution in [2.75, 3.05) is 5.32 Å². The van der Waals surface area contributed by atoms with Crippen molar-refractivity contribution in [1.29, 1.82) is 0 Å². The second-order valence-electron chi connectivity index (χ2n) is 6.26. The topological polar surface area (TPSA) is 72.7 Å². The van der Waals surface area contributed by atoms with Crippen molar-refractivity contribution in [2.24, 2.45) is 0 Å². The highest BCUT2D eigenvalue weighted by Crippen LogP contribution is 2.25. The summed E-state index contributed by atoms with van der Waals surface area (Å²) >= 11 is 3.35. The summed E-state index contributed by atoms with van der Waals surface area (Å²) in [6.07, 6.45) is 1.67. The van der Waals surface area contributed by atoms with Crippen LogP contribution in [-0.4, -0.2) is 15.3 Å². The smallest absolute Gasteiger partial charge is 0.258 e. The molecule has 7 heteroatoms. The quantitative estimate of drug-likeness (QED) is 0.493. The summed E-state index contributed by atoms with van der Waals surface area (Å²) < 4.78 is 8.22. The number of halogens is 1. The van der Waals surface area contributed by atoms with Crippen LogP contribution in [0.3, 0.4) is 0 Å².